The Labute approximate surface area is 115 Å². The minimum absolute atomic E-state index is 0.211. The summed E-state index contributed by atoms with van der Waals surface area (Å²) in [4.78, 5) is 24.6. The molecule has 19 heavy (non-hydrogen) atoms. The molecule has 1 rings (SSSR count). The molecular formula is C14H26N2O3. The number of nitrogens with one attached hydrogen (secondary N) is 1. The first kappa shape index (κ1) is 15.8. The fraction of sp³-hybridized carbons (Fsp3) is 0.857. The van der Waals surface area contributed by atoms with Crippen molar-refractivity contribution in [2.24, 2.45) is 5.92 Å². The van der Waals surface area contributed by atoms with E-state index in [1.807, 2.05) is 0 Å². The molecule has 0 bridgehead atoms. The predicted molar refractivity (Wildman–Crippen MR) is 74.1 cm³/mol. The van der Waals surface area contributed by atoms with Crippen molar-refractivity contribution in [1.29, 1.82) is 0 Å². The Kier molecular flexibility index (Phi) is 5.63. The van der Waals surface area contributed by atoms with Crippen molar-refractivity contribution >= 4 is 12.0 Å². The highest BCUT2D eigenvalue weighted by Gasteiger charge is 2.32. The highest BCUT2D eigenvalue weighted by Crippen LogP contribution is 2.30. The number of carbonyl (C=O) groups excluding carboxylic acids is 1. The van der Waals surface area contributed by atoms with Gasteiger partial charge in [0, 0.05) is 12.1 Å². The number of hydrogen-bond acceptors (Lipinski definition) is 2. The van der Waals surface area contributed by atoms with Gasteiger partial charge in [0.15, 0.2) is 0 Å². The van der Waals surface area contributed by atoms with Crippen LogP contribution in [0.1, 0.15) is 52.9 Å². The summed E-state index contributed by atoms with van der Waals surface area (Å²) in [6, 6.07) is -0.236. The molecule has 2 amide bonds. The lowest BCUT2D eigenvalue weighted by atomic mass is 9.90. The van der Waals surface area contributed by atoms with Crippen LogP contribution in [0.25, 0.3) is 0 Å². The highest BCUT2D eigenvalue weighted by molar-refractivity contribution is 5.80. The summed E-state index contributed by atoms with van der Waals surface area (Å²) >= 11 is 0. The third kappa shape index (κ3) is 4.73. The average Bonchev–Trinajstić information content (AvgIpc) is 3.18. The molecule has 0 aromatic heterocycles. The predicted octanol–water partition coefficient (Wildman–Crippen LogP) is 2.46. The average molecular weight is 270 g/mol. The molecule has 0 spiro atoms. The van der Waals surface area contributed by atoms with Gasteiger partial charge in [-0.3, -0.25) is 4.79 Å². The molecule has 0 aromatic rings. The SMILES string of the molecule is CCC(CC)(CC)NC(=O)N(CC(=O)O)CC1CC1. The van der Waals surface area contributed by atoms with Crippen molar-refractivity contribution in [3.63, 3.8) is 0 Å². The van der Waals surface area contributed by atoms with Crippen LogP contribution in [0.4, 0.5) is 4.79 Å². The first-order valence-corrected chi connectivity index (χ1v) is 7.25. The van der Waals surface area contributed by atoms with Crippen molar-refractivity contribution in [2.45, 2.75) is 58.4 Å². The second-order valence-corrected chi connectivity index (χ2v) is 5.49. The molecule has 5 heteroatoms. The molecular weight excluding hydrogens is 244 g/mol. The van der Waals surface area contributed by atoms with Crippen molar-refractivity contribution in [3.8, 4) is 0 Å². The lowest BCUT2D eigenvalue weighted by Crippen LogP contribution is -2.53. The van der Waals surface area contributed by atoms with E-state index in [0.717, 1.165) is 32.1 Å². The van der Waals surface area contributed by atoms with E-state index in [0.29, 0.717) is 12.5 Å². The minimum Gasteiger partial charge on any atom is -0.480 e. The monoisotopic (exact) mass is 270 g/mol. The van der Waals surface area contributed by atoms with Crippen LogP contribution in [0.15, 0.2) is 0 Å². The minimum atomic E-state index is -0.953. The summed E-state index contributed by atoms with van der Waals surface area (Å²) in [6.45, 7) is 6.50. The molecule has 0 aromatic carbocycles. The van der Waals surface area contributed by atoms with Crippen LogP contribution in [0.5, 0.6) is 0 Å². The van der Waals surface area contributed by atoms with E-state index >= 15 is 0 Å². The molecule has 0 heterocycles. The molecule has 0 saturated heterocycles. The van der Waals surface area contributed by atoms with Gasteiger partial charge in [-0.25, -0.2) is 4.79 Å². The largest absolute Gasteiger partial charge is 0.480 e. The Morgan fingerprint density at radius 1 is 1.21 bits per heavy atom. The summed E-state index contributed by atoms with van der Waals surface area (Å²) in [7, 11) is 0. The van der Waals surface area contributed by atoms with Crippen molar-refractivity contribution in [1.82, 2.24) is 10.2 Å². The number of amides is 2. The summed E-state index contributed by atoms with van der Waals surface area (Å²) in [5.41, 5.74) is -0.211. The van der Waals surface area contributed by atoms with Gasteiger partial charge < -0.3 is 15.3 Å². The Morgan fingerprint density at radius 3 is 2.11 bits per heavy atom. The van der Waals surface area contributed by atoms with E-state index in [2.05, 4.69) is 26.1 Å². The van der Waals surface area contributed by atoms with Crippen LogP contribution in [-0.4, -0.2) is 40.6 Å². The van der Waals surface area contributed by atoms with Gasteiger partial charge in [0.05, 0.1) is 0 Å². The molecule has 0 atom stereocenters. The standard InChI is InChI=1S/C14H26N2O3/c1-4-14(5-2,6-3)15-13(19)16(10-12(17)18)9-11-7-8-11/h11H,4-10H2,1-3H3,(H,15,19)(H,17,18). The van der Waals surface area contributed by atoms with E-state index in [1.54, 1.807) is 0 Å². The van der Waals surface area contributed by atoms with Crippen LogP contribution in [0, 0.1) is 5.92 Å². The number of rotatable bonds is 8. The quantitative estimate of drug-likeness (QED) is 0.712. The van der Waals surface area contributed by atoms with Gasteiger partial charge in [0.2, 0.25) is 0 Å². The van der Waals surface area contributed by atoms with Gasteiger partial charge in [0.1, 0.15) is 6.54 Å². The molecule has 1 saturated carbocycles. The lowest BCUT2D eigenvalue weighted by Gasteiger charge is -2.34. The van der Waals surface area contributed by atoms with E-state index < -0.39 is 5.97 Å². The van der Waals surface area contributed by atoms with E-state index in [1.165, 1.54) is 4.90 Å². The second kappa shape index (κ2) is 6.78. The third-order valence-electron chi connectivity index (χ3n) is 4.19. The van der Waals surface area contributed by atoms with Gasteiger partial charge in [-0.15, -0.1) is 0 Å². The molecule has 0 unspecified atom stereocenters. The Bertz CT molecular complexity index is 314. The van der Waals surface area contributed by atoms with E-state index in [-0.39, 0.29) is 18.1 Å². The smallest absolute Gasteiger partial charge is 0.323 e. The van der Waals surface area contributed by atoms with Crippen LogP contribution in [0.3, 0.4) is 0 Å². The van der Waals surface area contributed by atoms with E-state index in [9.17, 15) is 9.59 Å². The maximum Gasteiger partial charge on any atom is 0.323 e. The Hall–Kier alpha value is -1.26. The number of carboxylic acids is 1. The van der Waals surface area contributed by atoms with E-state index in [4.69, 9.17) is 5.11 Å². The molecule has 1 aliphatic carbocycles. The van der Waals surface area contributed by atoms with Gasteiger partial charge in [-0.05, 0) is 38.0 Å². The summed E-state index contributed by atoms with van der Waals surface area (Å²) < 4.78 is 0. The van der Waals surface area contributed by atoms with Crippen LogP contribution >= 0.6 is 0 Å². The fourth-order valence-electron chi connectivity index (χ4n) is 2.32. The Morgan fingerprint density at radius 2 is 1.74 bits per heavy atom. The number of hydrogen-bond donors (Lipinski definition) is 2. The van der Waals surface area contributed by atoms with Gasteiger partial charge in [0.25, 0.3) is 0 Å². The maximum absolute atomic E-state index is 12.3. The molecule has 0 aliphatic heterocycles. The zero-order chi connectivity index (χ0) is 14.5. The molecule has 1 fully saturated rings. The third-order valence-corrected chi connectivity index (χ3v) is 4.19. The summed E-state index contributed by atoms with van der Waals surface area (Å²) in [5.74, 6) is -0.463. The first-order chi connectivity index (χ1) is 8.96. The number of carbonyl (C=O) groups is 2. The number of carboxylic acid groups (broad SMARTS) is 1. The first-order valence-electron chi connectivity index (χ1n) is 7.25. The van der Waals surface area contributed by atoms with Gasteiger partial charge in [-0.2, -0.15) is 0 Å². The topological polar surface area (TPSA) is 69.6 Å². The fourth-order valence-corrected chi connectivity index (χ4v) is 2.32. The summed E-state index contributed by atoms with van der Waals surface area (Å²) in [6.07, 6.45) is 4.77. The van der Waals surface area contributed by atoms with Crippen molar-refractivity contribution in [2.75, 3.05) is 13.1 Å². The number of nitrogens with zero attached hydrogens (tertiary/aromatic N) is 1. The Balaban J connectivity index is 2.65. The number of aliphatic carboxylic acids is 1. The van der Waals surface area contributed by atoms with Crippen LogP contribution in [-0.2, 0) is 4.79 Å². The molecule has 1 aliphatic rings. The molecule has 2 N–H and O–H groups in total. The number of urea groups is 1. The normalized spacial score (nSPS) is 15.1. The van der Waals surface area contributed by atoms with Crippen LogP contribution in [0.2, 0.25) is 0 Å². The summed E-state index contributed by atoms with van der Waals surface area (Å²) in [5, 5.41) is 12.0. The zero-order valence-corrected chi connectivity index (χ0v) is 12.2. The van der Waals surface area contributed by atoms with Crippen LogP contribution < -0.4 is 5.32 Å². The molecule has 0 radical (unpaired) electrons. The molecule has 110 valence electrons. The van der Waals surface area contributed by atoms with Crippen molar-refractivity contribution < 1.29 is 14.7 Å². The zero-order valence-electron chi connectivity index (χ0n) is 12.2. The second-order valence-electron chi connectivity index (χ2n) is 5.49. The maximum atomic E-state index is 12.3. The van der Waals surface area contributed by atoms with Gasteiger partial charge in [-0.1, -0.05) is 20.8 Å². The van der Waals surface area contributed by atoms with Crippen molar-refractivity contribution in [3.05, 3.63) is 0 Å². The van der Waals surface area contributed by atoms with Gasteiger partial charge >= 0.3 is 12.0 Å². The highest BCUT2D eigenvalue weighted by atomic mass is 16.4. The lowest BCUT2D eigenvalue weighted by molar-refractivity contribution is -0.137. The molecule has 5 nitrogen and oxygen atoms in total.